The van der Waals surface area contributed by atoms with Gasteiger partial charge in [0.15, 0.2) is 11.5 Å². The largest absolute Gasteiger partial charge is 0.490 e. The number of hydrogen-bond donors (Lipinski definition) is 0. The normalized spacial score (nSPS) is 13.7. The lowest BCUT2D eigenvalue weighted by molar-refractivity contribution is -0.132. The molecule has 2 aromatic carbocycles. The minimum absolute atomic E-state index is 0.0501. The van der Waals surface area contributed by atoms with Crippen LogP contribution in [0.4, 0.5) is 0 Å². The van der Waals surface area contributed by atoms with Crippen molar-refractivity contribution in [3.63, 3.8) is 0 Å². The third kappa shape index (κ3) is 5.55. The highest BCUT2D eigenvalue weighted by Crippen LogP contribution is 2.39. The Kier molecular flexibility index (Phi) is 7.23. The van der Waals surface area contributed by atoms with Crippen molar-refractivity contribution >= 4 is 34.9 Å². The Bertz CT molecular complexity index is 889. The van der Waals surface area contributed by atoms with Crippen molar-refractivity contribution in [1.82, 2.24) is 0 Å². The van der Waals surface area contributed by atoms with Gasteiger partial charge in [-0.05, 0) is 24.3 Å². The van der Waals surface area contributed by atoms with Gasteiger partial charge in [0.1, 0.15) is 19.5 Å². The topological polar surface area (TPSA) is 66.4 Å². The summed E-state index contributed by atoms with van der Waals surface area (Å²) in [4.78, 5) is 16.8. The molecule has 2 aromatic rings. The molecule has 0 bridgehead atoms. The van der Waals surface area contributed by atoms with Crippen molar-refractivity contribution in [2.75, 3.05) is 20.8 Å². The number of carbonyl (C=O) groups is 1. The molecule has 0 unspecified atom stereocenters. The van der Waals surface area contributed by atoms with E-state index < -0.39 is 5.97 Å². The summed E-state index contributed by atoms with van der Waals surface area (Å²) in [5, 5.41) is 4.56. The fourth-order valence-corrected chi connectivity index (χ4v) is 3.24. The Balaban J connectivity index is 1.76. The maximum Gasteiger partial charge on any atom is 0.360 e. The zero-order valence-corrected chi connectivity index (χ0v) is 17.6. The van der Waals surface area contributed by atoms with E-state index in [2.05, 4.69) is 5.16 Å². The molecular weight excluding hydrogens is 417 g/mol. The van der Waals surface area contributed by atoms with Gasteiger partial charge in [-0.2, -0.15) is 0 Å². The van der Waals surface area contributed by atoms with E-state index >= 15 is 0 Å². The van der Waals surface area contributed by atoms with Gasteiger partial charge in [-0.15, -0.1) is 0 Å². The molecule has 0 radical (unpaired) electrons. The first-order valence-corrected chi connectivity index (χ1v) is 9.81. The van der Waals surface area contributed by atoms with E-state index in [9.17, 15) is 4.79 Å². The van der Waals surface area contributed by atoms with Crippen LogP contribution in [0.2, 0.25) is 10.0 Å². The molecule has 0 heterocycles. The van der Waals surface area contributed by atoms with E-state index in [1.165, 1.54) is 27.1 Å². The predicted molar refractivity (Wildman–Crippen MR) is 111 cm³/mol. The number of rotatable bonds is 9. The number of esters is 1. The Hall–Kier alpha value is -2.44. The van der Waals surface area contributed by atoms with Crippen molar-refractivity contribution in [2.45, 2.75) is 19.4 Å². The number of ether oxygens (including phenoxy) is 3. The summed E-state index contributed by atoms with van der Waals surface area (Å²) in [6.45, 7) is 0.771. The molecule has 0 N–H and O–H groups in total. The molecule has 0 spiro atoms. The first-order valence-electron chi connectivity index (χ1n) is 9.05. The lowest BCUT2D eigenvalue weighted by Gasteiger charge is -2.14. The molecule has 0 aliphatic heterocycles. The van der Waals surface area contributed by atoms with Crippen LogP contribution < -0.4 is 9.47 Å². The summed E-state index contributed by atoms with van der Waals surface area (Å²) in [6, 6.07) is 10.5. The second-order valence-corrected chi connectivity index (χ2v) is 7.34. The number of hydrogen-bond acceptors (Lipinski definition) is 6. The van der Waals surface area contributed by atoms with Gasteiger partial charge in [-0.25, -0.2) is 4.79 Å². The maximum atomic E-state index is 12.0. The number of carbonyl (C=O) groups excluding carboxylic acids is 1. The van der Waals surface area contributed by atoms with E-state index in [1.54, 1.807) is 24.3 Å². The van der Waals surface area contributed by atoms with Crippen LogP contribution in [-0.2, 0) is 21.0 Å². The van der Waals surface area contributed by atoms with Crippen molar-refractivity contribution in [3.8, 4) is 11.5 Å². The quantitative estimate of drug-likeness (QED) is 0.317. The second-order valence-electron chi connectivity index (χ2n) is 6.53. The van der Waals surface area contributed by atoms with E-state index in [1.807, 2.05) is 12.1 Å². The highest BCUT2D eigenvalue weighted by molar-refractivity contribution is 6.43. The lowest BCUT2D eigenvalue weighted by Crippen LogP contribution is -2.19. The Labute approximate surface area is 179 Å². The summed E-state index contributed by atoms with van der Waals surface area (Å²) in [6.07, 6.45) is 2.35. The molecule has 0 aromatic heterocycles. The van der Waals surface area contributed by atoms with Crippen LogP contribution in [0.5, 0.6) is 11.5 Å². The van der Waals surface area contributed by atoms with E-state index in [0.29, 0.717) is 39.6 Å². The smallest absolute Gasteiger partial charge is 0.360 e. The van der Waals surface area contributed by atoms with Crippen LogP contribution in [-0.4, -0.2) is 32.5 Å². The fourth-order valence-electron chi connectivity index (χ4n) is 2.67. The summed E-state index contributed by atoms with van der Waals surface area (Å²) in [5.74, 6) is 0.931. The Morgan fingerprint density at radius 2 is 1.79 bits per heavy atom. The first-order chi connectivity index (χ1) is 14.0. The van der Waals surface area contributed by atoms with Crippen LogP contribution >= 0.6 is 23.2 Å². The van der Waals surface area contributed by atoms with Crippen molar-refractivity contribution in [1.29, 1.82) is 0 Å². The number of benzene rings is 2. The van der Waals surface area contributed by atoms with Gasteiger partial charge in [0.25, 0.3) is 0 Å². The zero-order valence-electron chi connectivity index (χ0n) is 16.1. The highest BCUT2D eigenvalue weighted by atomic mass is 35.5. The molecule has 1 aliphatic carbocycles. The minimum atomic E-state index is -0.609. The molecule has 29 heavy (non-hydrogen) atoms. The molecule has 0 amide bonds. The van der Waals surface area contributed by atoms with Gasteiger partial charge in [0.2, 0.25) is 0 Å². The Morgan fingerprint density at radius 3 is 2.41 bits per heavy atom. The summed E-state index contributed by atoms with van der Waals surface area (Å²) in [7, 11) is 2.64. The molecule has 6 nitrogen and oxygen atoms in total. The maximum absolute atomic E-state index is 12.0. The minimum Gasteiger partial charge on any atom is -0.490 e. The van der Waals surface area contributed by atoms with Gasteiger partial charge >= 0.3 is 5.97 Å². The molecule has 1 aliphatic rings. The molecule has 3 rings (SSSR count). The monoisotopic (exact) mass is 437 g/mol. The predicted octanol–water partition coefficient (Wildman–Crippen LogP) is 4.88. The van der Waals surface area contributed by atoms with Gasteiger partial charge < -0.3 is 19.0 Å². The molecule has 0 atom stereocenters. The summed E-state index contributed by atoms with van der Waals surface area (Å²) in [5.41, 5.74) is 1.31. The van der Waals surface area contributed by atoms with Gasteiger partial charge in [0, 0.05) is 17.7 Å². The lowest BCUT2D eigenvalue weighted by atomic mass is 10.0. The van der Waals surface area contributed by atoms with Crippen LogP contribution in [0.25, 0.3) is 0 Å². The average Bonchev–Trinajstić information content (AvgIpc) is 3.54. The highest BCUT2D eigenvalue weighted by Gasteiger charge is 2.23. The van der Waals surface area contributed by atoms with E-state index in [0.717, 1.165) is 5.56 Å². The van der Waals surface area contributed by atoms with Crippen molar-refractivity contribution in [3.05, 3.63) is 57.6 Å². The van der Waals surface area contributed by atoms with E-state index in [-0.39, 0.29) is 12.3 Å². The van der Waals surface area contributed by atoms with Crippen molar-refractivity contribution < 1.29 is 23.8 Å². The van der Waals surface area contributed by atoms with Gasteiger partial charge in [-0.3, -0.25) is 0 Å². The third-order valence-corrected chi connectivity index (χ3v) is 4.92. The average molecular weight is 438 g/mol. The van der Waals surface area contributed by atoms with Gasteiger partial charge in [-0.1, -0.05) is 52.6 Å². The van der Waals surface area contributed by atoms with Crippen LogP contribution in [0.15, 0.2) is 41.6 Å². The zero-order chi connectivity index (χ0) is 20.8. The van der Waals surface area contributed by atoms with Crippen LogP contribution in [0.3, 0.4) is 0 Å². The fraction of sp³-hybridized carbons (Fsp3) is 0.333. The van der Waals surface area contributed by atoms with E-state index in [4.69, 9.17) is 42.3 Å². The molecule has 1 fully saturated rings. The molecule has 1 saturated carbocycles. The molecule has 8 heteroatoms. The SMILES string of the molecule is CO/N=C(/C(=O)OC)c1ccccc1COc1cc(Cl)c(OCC2CC2)c(Cl)c1. The van der Waals surface area contributed by atoms with Crippen molar-refractivity contribution in [2.24, 2.45) is 11.1 Å². The summed E-state index contributed by atoms with van der Waals surface area (Å²) >= 11 is 12.6. The second kappa shape index (κ2) is 9.85. The van der Waals surface area contributed by atoms with Crippen LogP contribution in [0.1, 0.15) is 24.0 Å². The molecular formula is C21H21Cl2NO5. The number of halogens is 2. The number of nitrogens with zero attached hydrogens (tertiary/aromatic N) is 1. The number of oxime groups is 1. The Morgan fingerprint density at radius 1 is 1.10 bits per heavy atom. The third-order valence-electron chi connectivity index (χ3n) is 4.36. The number of methoxy groups -OCH3 is 1. The van der Waals surface area contributed by atoms with Gasteiger partial charge in [0.05, 0.1) is 23.8 Å². The summed E-state index contributed by atoms with van der Waals surface area (Å²) < 4.78 is 16.4. The standard InChI is InChI=1S/C21H21Cl2NO5/c1-26-21(25)19(24-27-2)16-6-4-3-5-14(16)12-28-15-9-17(22)20(18(23)10-15)29-11-13-7-8-13/h3-6,9-10,13H,7-8,11-12H2,1-2H3/b24-19+. The molecule has 0 saturated heterocycles. The van der Waals surface area contributed by atoms with Crippen LogP contribution in [0, 0.1) is 5.92 Å². The molecule has 154 valence electrons. The first kappa shape index (κ1) is 21.3.